The Hall–Kier alpha value is -2.43. The van der Waals surface area contributed by atoms with Gasteiger partial charge in [0.25, 0.3) is 0 Å². The van der Waals surface area contributed by atoms with Gasteiger partial charge in [-0.25, -0.2) is 9.37 Å². The minimum absolute atomic E-state index is 0.400. The third kappa shape index (κ3) is 1.69. The number of benzene rings is 1. The molecule has 0 spiro atoms. The van der Waals surface area contributed by atoms with Crippen molar-refractivity contribution in [1.82, 2.24) is 15.0 Å². The molecule has 1 aromatic carbocycles. The van der Waals surface area contributed by atoms with Crippen LogP contribution in [0.3, 0.4) is 0 Å². The lowest BCUT2D eigenvalue weighted by Crippen LogP contribution is -1.86. The van der Waals surface area contributed by atoms with Crippen molar-refractivity contribution < 1.29 is 9.13 Å². The van der Waals surface area contributed by atoms with Crippen LogP contribution in [0.2, 0.25) is 0 Å². The number of nitrogens with one attached hydrogen (secondary N) is 1. The number of fused-ring (bicyclic) bond motifs is 1. The zero-order valence-corrected chi connectivity index (χ0v) is 9.64. The third-order valence-electron chi connectivity index (χ3n) is 2.72. The van der Waals surface area contributed by atoms with Crippen LogP contribution in [0.1, 0.15) is 0 Å². The highest BCUT2D eigenvalue weighted by molar-refractivity contribution is 5.80. The fraction of sp³-hybridized carbons (Fsp3) is 0.0769. The molecular weight excluding hydrogens is 233 g/mol. The lowest BCUT2D eigenvalue weighted by Gasteiger charge is -1.97. The summed E-state index contributed by atoms with van der Waals surface area (Å²) in [7, 11) is 1.60. The van der Waals surface area contributed by atoms with Gasteiger partial charge in [0.1, 0.15) is 11.6 Å². The molecular formula is C13H10FN3O. The van der Waals surface area contributed by atoms with Crippen molar-refractivity contribution in [2.24, 2.45) is 0 Å². The Morgan fingerprint density at radius 1 is 1.28 bits per heavy atom. The maximum atomic E-state index is 13.6. The van der Waals surface area contributed by atoms with E-state index in [1.165, 1.54) is 12.4 Å². The first kappa shape index (κ1) is 10.7. The third-order valence-corrected chi connectivity index (χ3v) is 2.72. The molecule has 0 unspecified atom stereocenters. The predicted octanol–water partition coefficient (Wildman–Crippen LogP) is 2.77. The van der Waals surface area contributed by atoms with Crippen LogP contribution in [0.4, 0.5) is 4.39 Å². The molecule has 3 rings (SSSR count). The van der Waals surface area contributed by atoms with Crippen molar-refractivity contribution in [3.05, 3.63) is 42.5 Å². The number of H-pyrrole nitrogens is 1. The Morgan fingerprint density at radius 3 is 2.94 bits per heavy atom. The van der Waals surface area contributed by atoms with Gasteiger partial charge in [0, 0.05) is 12.3 Å². The topological polar surface area (TPSA) is 50.8 Å². The molecule has 5 heteroatoms. The number of rotatable bonds is 2. The Bertz CT molecular complexity index is 708. The van der Waals surface area contributed by atoms with Crippen LogP contribution in [0, 0.1) is 5.82 Å². The maximum Gasteiger partial charge on any atom is 0.152 e. The first-order valence-corrected chi connectivity index (χ1v) is 5.41. The number of pyridine rings is 1. The zero-order chi connectivity index (χ0) is 12.5. The van der Waals surface area contributed by atoms with Crippen LogP contribution in [0.5, 0.6) is 5.75 Å². The molecule has 0 amide bonds. The molecule has 2 heterocycles. The summed E-state index contributed by atoms with van der Waals surface area (Å²) in [5.74, 6) is 0.814. The molecule has 2 aromatic heterocycles. The average molecular weight is 243 g/mol. The van der Waals surface area contributed by atoms with E-state index in [-0.39, 0.29) is 0 Å². The Morgan fingerprint density at radius 2 is 2.17 bits per heavy atom. The molecule has 4 nitrogen and oxygen atoms in total. The molecule has 0 bridgehead atoms. The molecule has 3 aromatic rings. The summed E-state index contributed by atoms with van der Waals surface area (Å²) in [4.78, 5) is 11.1. The van der Waals surface area contributed by atoms with Crippen LogP contribution >= 0.6 is 0 Å². The molecule has 0 atom stereocenters. The molecule has 90 valence electrons. The summed E-state index contributed by atoms with van der Waals surface area (Å²) in [5, 5.41) is 0. The quantitative estimate of drug-likeness (QED) is 0.753. The maximum absolute atomic E-state index is 13.6. The number of hydrogen-bond acceptors (Lipinski definition) is 3. The van der Waals surface area contributed by atoms with E-state index in [0.29, 0.717) is 11.4 Å². The second kappa shape index (κ2) is 4.10. The SMILES string of the molecule is COc1ccc2nc(-c3ccncc3F)[nH]c2c1. The second-order valence-corrected chi connectivity index (χ2v) is 3.82. The van der Waals surface area contributed by atoms with E-state index in [9.17, 15) is 4.39 Å². The molecule has 0 saturated heterocycles. The summed E-state index contributed by atoms with van der Waals surface area (Å²) in [6.07, 6.45) is 2.70. The highest BCUT2D eigenvalue weighted by Crippen LogP contribution is 2.24. The summed E-state index contributed by atoms with van der Waals surface area (Å²) in [5.41, 5.74) is 1.97. The van der Waals surface area contributed by atoms with Gasteiger partial charge < -0.3 is 9.72 Å². The number of hydrogen-bond donors (Lipinski definition) is 1. The van der Waals surface area contributed by atoms with Gasteiger partial charge in [-0.2, -0.15) is 0 Å². The van der Waals surface area contributed by atoms with Crippen LogP contribution in [0.25, 0.3) is 22.4 Å². The molecule has 18 heavy (non-hydrogen) atoms. The number of aromatic amines is 1. The molecule has 0 aliphatic carbocycles. The van der Waals surface area contributed by atoms with Gasteiger partial charge in [-0.3, -0.25) is 4.98 Å². The van der Waals surface area contributed by atoms with Crippen molar-refractivity contribution in [2.45, 2.75) is 0 Å². The van der Waals surface area contributed by atoms with E-state index in [1.54, 1.807) is 13.2 Å². The first-order chi connectivity index (χ1) is 8.78. The van der Waals surface area contributed by atoms with E-state index in [0.717, 1.165) is 16.8 Å². The van der Waals surface area contributed by atoms with Crippen molar-refractivity contribution >= 4 is 11.0 Å². The summed E-state index contributed by atoms with van der Waals surface area (Å²) in [6.45, 7) is 0. The van der Waals surface area contributed by atoms with Gasteiger partial charge in [-0.05, 0) is 18.2 Å². The fourth-order valence-electron chi connectivity index (χ4n) is 1.81. The molecule has 1 N–H and O–H groups in total. The number of methoxy groups -OCH3 is 1. The number of aromatic nitrogens is 3. The van der Waals surface area contributed by atoms with Gasteiger partial charge in [-0.1, -0.05) is 0 Å². The minimum atomic E-state index is -0.400. The van der Waals surface area contributed by atoms with E-state index >= 15 is 0 Å². The second-order valence-electron chi connectivity index (χ2n) is 3.82. The zero-order valence-electron chi connectivity index (χ0n) is 9.64. The number of nitrogens with zero attached hydrogens (tertiary/aromatic N) is 2. The summed E-state index contributed by atoms with van der Waals surface area (Å²) < 4.78 is 18.7. The van der Waals surface area contributed by atoms with Crippen molar-refractivity contribution in [3.8, 4) is 17.1 Å². The van der Waals surface area contributed by atoms with Gasteiger partial charge in [0.15, 0.2) is 5.82 Å². The van der Waals surface area contributed by atoms with Crippen LogP contribution in [-0.2, 0) is 0 Å². The van der Waals surface area contributed by atoms with Crippen LogP contribution in [-0.4, -0.2) is 22.1 Å². The van der Waals surface area contributed by atoms with Gasteiger partial charge >= 0.3 is 0 Å². The minimum Gasteiger partial charge on any atom is -0.497 e. The van der Waals surface area contributed by atoms with Crippen molar-refractivity contribution in [2.75, 3.05) is 7.11 Å². The highest BCUT2D eigenvalue weighted by Gasteiger charge is 2.10. The molecule has 0 radical (unpaired) electrons. The Balaban J connectivity index is 2.17. The van der Waals surface area contributed by atoms with Crippen molar-refractivity contribution in [3.63, 3.8) is 0 Å². The lowest BCUT2D eigenvalue weighted by molar-refractivity contribution is 0.415. The summed E-state index contributed by atoms with van der Waals surface area (Å²) >= 11 is 0. The van der Waals surface area contributed by atoms with Gasteiger partial charge in [0.2, 0.25) is 0 Å². The van der Waals surface area contributed by atoms with E-state index in [1.807, 2.05) is 18.2 Å². The molecule has 0 aliphatic rings. The monoisotopic (exact) mass is 243 g/mol. The molecule has 0 aliphatic heterocycles. The van der Waals surface area contributed by atoms with Crippen LogP contribution in [0.15, 0.2) is 36.7 Å². The average Bonchev–Trinajstić information content (AvgIpc) is 2.81. The van der Waals surface area contributed by atoms with Crippen molar-refractivity contribution in [1.29, 1.82) is 0 Å². The number of ether oxygens (including phenoxy) is 1. The number of imidazole rings is 1. The smallest absolute Gasteiger partial charge is 0.152 e. The normalized spacial score (nSPS) is 10.8. The highest BCUT2D eigenvalue weighted by atomic mass is 19.1. The van der Waals surface area contributed by atoms with E-state index in [2.05, 4.69) is 15.0 Å². The van der Waals surface area contributed by atoms with E-state index < -0.39 is 5.82 Å². The molecule has 0 fully saturated rings. The first-order valence-electron chi connectivity index (χ1n) is 5.41. The van der Waals surface area contributed by atoms with E-state index in [4.69, 9.17) is 4.74 Å². The van der Waals surface area contributed by atoms with Gasteiger partial charge in [-0.15, -0.1) is 0 Å². The predicted molar refractivity (Wildman–Crippen MR) is 65.8 cm³/mol. The number of halogens is 1. The summed E-state index contributed by atoms with van der Waals surface area (Å²) in [6, 6.07) is 7.05. The largest absolute Gasteiger partial charge is 0.497 e. The standard InChI is InChI=1S/C13H10FN3O/c1-18-8-2-3-11-12(6-8)17-13(16-11)9-4-5-15-7-10(9)14/h2-7H,1H3,(H,16,17). The Labute approximate surface area is 102 Å². The molecule has 0 saturated carbocycles. The van der Waals surface area contributed by atoms with Crippen LogP contribution < -0.4 is 4.74 Å². The fourth-order valence-corrected chi connectivity index (χ4v) is 1.81. The Kier molecular flexibility index (Phi) is 2.44. The lowest BCUT2D eigenvalue weighted by atomic mass is 10.2. The van der Waals surface area contributed by atoms with Gasteiger partial charge in [0.05, 0.1) is 29.9 Å².